The molecule has 8 nitrogen and oxygen atoms in total. The van der Waals surface area contributed by atoms with Gasteiger partial charge in [-0.1, -0.05) is 24.9 Å². The van der Waals surface area contributed by atoms with Crippen molar-refractivity contribution in [3.8, 4) is 11.5 Å². The zero-order valence-electron chi connectivity index (χ0n) is 20.6. The number of nitrogens with zero attached hydrogens (tertiary/aromatic N) is 2. The Bertz CT molecular complexity index is 1210. The van der Waals surface area contributed by atoms with Crippen molar-refractivity contribution in [2.45, 2.75) is 46.6 Å². The maximum atomic E-state index is 12.8. The van der Waals surface area contributed by atoms with Crippen LogP contribution >= 0.6 is 11.6 Å². The van der Waals surface area contributed by atoms with Crippen molar-refractivity contribution in [1.29, 1.82) is 0 Å². The van der Waals surface area contributed by atoms with Gasteiger partial charge in [-0.3, -0.25) is 14.3 Å². The summed E-state index contributed by atoms with van der Waals surface area (Å²) in [5.41, 5.74) is 3.09. The molecular weight excluding hydrogens is 468 g/mol. The van der Waals surface area contributed by atoms with Crippen molar-refractivity contribution in [3.63, 3.8) is 0 Å². The second kappa shape index (κ2) is 11.8. The summed E-state index contributed by atoms with van der Waals surface area (Å²) in [6.45, 7) is 8.22. The first kappa shape index (κ1) is 26.1. The van der Waals surface area contributed by atoms with Crippen LogP contribution in [-0.2, 0) is 4.79 Å². The number of halogens is 1. The maximum absolute atomic E-state index is 12.8. The van der Waals surface area contributed by atoms with Crippen LogP contribution in [0.25, 0.3) is 0 Å². The number of rotatable bonds is 10. The fourth-order valence-electron chi connectivity index (χ4n) is 3.54. The molecule has 0 radical (unpaired) electrons. The van der Waals surface area contributed by atoms with Gasteiger partial charge in [0.2, 0.25) is 5.91 Å². The lowest BCUT2D eigenvalue weighted by atomic mass is 10.1. The smallest absolute Gasteiger partial charge is 0.255 e. The van der Waals surface area contributed by atoms with Crippen molar-refractivity contribution in [3.05, 3.63) is 64.4 Å². The molecule has 0 spiro atoms. The third-order valence-corrected chi connectivity index (χ3v) is 5.77. The monoisotopic (exact) mass is 498 g/mol. The SMILES string of the molecule is CCCCOc1ccc(C(=O)Nc2ccc(NC(=O)C(C)n3nc(C)cc3C)c(Cl)c2)cc1OC. The summed E-state index contributed by atoms with van der Waals surface area (Å²) in [6, 6.07) is 11.3. The van der Waals surface area contributed by atoms with Gasteiger partial charge in [-0.2, -0.15) is 5.10 Å². The van der Waals surface area contributed by atoms with Crippen molar-refractivity contribution in [1.82, 2.24) is 9.78 Å². The highest BCUT2D eigenvalue weighted by atomic mass is 35.5. The van der Waals surface area contributed by atoms with E-state index in [4.69, 9.17) is 21.1 Å². The molecule has 0 fully saturated rings. The predicted molar refractivity (Wildman–Crippen MR) is 138 cm³/mol. The second-order valence-corrected chi connectivity index (χ2v) is 8.66. The summed E-state index contributed by atoms with van der Waals surface area (Å²) in [4.78, 5) is 25.5. The Morgan fingerprint density at radius 3 is 2.49 bits per heavy atom. The standard InChI is InChI=1S/C26H31ClN4O4/c1-6-7-12-35-23-11-8-19(14-24(23)34-5)26(33)28-20-9-10-22(21(27)15-20)29-25(32)18(4)31-17(3)13-16(2)30-31/h8-11,13-15,18H,6-7,12H2,1-5H3,(H,28,33)(H,29,32). The molecule has 0 aliphatic heterocycles. The average Bonchev–Trinajstić information content (AvgIpc) is 3.18. The Hall–Kier alpha value is -3.52. The Balaban J connectivity index is 1.66. The van der Waals surface area contributed by atoms with E-state index in [-0.39, 0.29) is 11.8 Å². The molecule has 2 N–H and O–H groups in total. The molecule has 9 heteroatoms. The Morgan fingerprint density at radius 1 is 1.09 bits per heavy atom. The number of anilines is 2. The number of hydrogen-bond donors (Lipinski definition) is 2. The molecule has 186 valence electrons. The largest absolute Gasteiger partial charge is 0.493 e. The molecule has 0 bridgehead atoms. The lowest BCUT2D eigenvalue weighted by Crippen LogP contribution is -2.25. The lowest BCUT2D eigenvalue weighted by Gasteiger charge is -2.16. The first-order chi connectivity index (χ1) is 16.7. The molecule has 2 amide bonds. The fourth-order valence-corrected chi connectivity index (χ4v) is 3.77. The average molecular weight is 499 g/mol. The van der Waals surface area contributed by atoms with Crippen LogP contribution in [0.1, 0.15) is 54.5 Å². The number of methoxy groups -OCH3 is 1. The van der Waals surface area contributed by atoms with Crippen molar-refractivity contribution in [2.75, 3.05) is 24.4 Å². The number of carbonyl (C=O) groups is 2. The molecule has 0 saturated carbocycles. The number of aryl methyl sites for hydroxylation is 2. The number of ether oxygens (including phenoxy) is 2. The van der Waals surface area contributed by atoms with Crippen LogP contribution in [0.5, 0.6) is 11.5 Å². The molecule has 1 aromatic heterocycles. The van der Waals surface area contributed by atoms with Gasteiger partial charge in [0, 0.05) is 16.9 Å². The van der Waals surface area contributed by atoms with Crippen molar-refractivity contribution < 1.29 is 19.1 Å². The summed E-state index contributed by atoms with van der Waals surface area (Å²) in [5, 5.41) is 10.3. The van der Waals surface area contributed by atoms with Gasteiger partial charge in [-0.25, -0.2) is 0 Å². The van der Waals surface area contributed by atoms with Crippen LogP contribution in [0, 0.1) is 13.8 Å². The van der Waals surface area contributed by atoms with Gasteiger partial charge in [-0.05, 0) is 69.7 Å². The topological polar surface area (TPSA) is 94.5 Å². The van der Waals surface area contributed by atoms with Crippen molar-refractivity contribution in [2.24, 2.45) is 0 Å². The number of carbonyl (C=O) groups excluding carboxylic acids is 2. The molecule has 0 aliphatic carbocycles. The summed E-state index contributed by atoms with van der Waals surface area (Å²) in [5.74, 6) is 0.509. The van der Waals surface area contributed by atoms with E-state index in [1.807, 2.05) is 19.9 Å². The van der Waals surface area contributed by atoms with Gasteiger partial charge in [-0.15, -0.1) is 0 Å². The molecule has 1 atom stereocenters. The number of unbranched alkanes of at least 4 members (excludes halogenated alkanes) is 1. The van der Waals surface area contributed by atoms with E-state index in [0.29, 0.717) is 40.1 Å². The lowest BCUT2D eigenvalue weighted by molar-refractivity contribution is -0.119. The van der Waals surface area contributed by atoms with Crippen LogP contribution in [0.15, 0.2) is 42.5 Å². The van der Waals surface area contributed by atoms with Gasteiger partial charge < -0.3 is 20.1 Å². The normalized spacial score (nSPS) is 11.6. The van der Waals surface area contributed by atoms with Gasteiger partial charge in [0.05, 0.1) is 30.1 Å². The summed E-state index contributed by atoms with van der Waals surface area (Å²) >= 11 is 6.39. The third-order valence-electron chi connectivity index (χ3n) is 5.46. The number of benzene rings is 2. The first-order valence-electron chi connectivity index (χ1n) is 11.5. The Kier molecular flexibility index (Phi) is 8.76. The Morgan fingerprint density at radius 2 is 1.86 bits per heavy atom. The van der Waals surface area contributed by atoms with Gasteiger partial charge in [0.25, 0.3) is 5.91 Å². The quantitative estimate of drug-likeness (QED) is 0.345. The molecular formula is C26H31ClN4O4. The zero-order valence-corrected chi connectivity index (χ0v) is 21.4. The van der Waals surface area contributed by atoms with Crippen LogP contribution in [0.4, 0.5) is 11.4 Å². The van der Waals surface area contributed by atoms with Crippen LogP contribution < -0.4 is 20.1 Å². The minimum absolute atomic E-state index is 0.247. The molecule has 0 saturated heterocycles. The number of aromatic nitrogens is 2. The molecule has 0 aliphatic rings. The van der Waals surface area contributed by atoms with Crippen LogP contribution in [-0.4, -0.2) is 35.3 Å². The highest BCUT2D eigenvalue weighted by molar-refractivity contribution is 6.34. The molecule has 2 aromatic carbocycles. The number of nitrogens with one attached hydrogen (secondary N) is 2. The van der Waals surface area contributed by atoms with Gasteiger partial charge >= 0.3 is 0 Å². The van der Waals surface area contributed by atoms with E-state index in [9.17, 15) is 9.59 Å². The van der Waals surface area contributed by atoms with E-state index < -0.39 is 6.04 Å². The van der Waals surface area contributed by atoms with E-state index in [1.54, 1.807) is 48.0 Å². The summed E-state index contributed by atoms with van der Waals surface area (Å²) in [7, 11) is 1.53. The summed E-state index contributed by atoms with van der Waals surface area (Å²) in [6.07, 6.45) is 1.96. The minimum atomic E-state index is -0.511. The van der Waals surface area contributed by atoms with E-state index in [0.717, 1.165) is 24.2 Å². The third kappa shape index (κ3) is 6.54. The minimum Gasteiger partial charge on any atom is -0.493 e. The predicted octanol–water partition coefficient (Wildman–Crippen LogP) is 5.79. The fraction of sp³-hybridized carbons (Fsp3) is 0.346. The highest BCUT2D eigenvalue weighted by Crippen LogP contribution is 2.30. The molecule has 35 heavy (non-hydrogen) atoms. The first-order valence-corrected chi connectivity index (χ1v) is 11.9. The van der Waals surface area contributed by atoms with E-state index in [2.05, 4.69) is 22.7 Å². The van der Waals surface area contributed by atoms with Crippen LogP contribution in [0.3, 0.4) is 0 Å². The van der Waals surface area contributed by atoms with Gasteiger partial charge in [0.1, 0.15) is 6.04 Å². The van der Waals surface area contributed by atoms with Gasteiger partial charge in [0.15, 0.2) is 11.5 Å². The second-order valence-electron chi connectivity index (χ2n) is 8.25. The van der Waals surface area contributed by atoms with Crippen molar-refractivity contribution >= 4 is 34.8 Å². The summed E-state index contributed by atoms with van der Waals surface area (Å²) < 4.78 is 12.8. The molecule has 1 heterocycles. The maximum Gasteiger partial charge on any atom is 0.255 e. The highest BCUT2D eigenvalue weighted by Gasteiger charge is 2.19. The number of hydrogen-bond acceptors (Lipinski definition) is 5. The zero-order chi connectivity index (χ0) is 25.5. The number of amides is 2. The molecule has 3 rings (SSSR count). The van der Waals surface area contributed by atoms with E-state index in [1.165, 1.54) is 7.11 Å². The van der Waals surface area contributed by atoms with Crippen LogP contribution in [0.2, 0.25) is 5.02 Å². The van der Waals surface area contributed by atoms with E-state index >= 15 is 0 Å². The molecule has 1 unspecified atom stereocenters. The molecule has 3 aromatic rings. The Labute approximate surface area is 210 Å².